The topological polar surface area (TPSA) is 99.7 Å². The molecule has 6 aromatic rings. The van der Waals surface area contributed by atoms with Gasteiger partial charge < -0.3 is 21.3 Å². The van der Waals surface area contributed by atoms with Gasteiger partial charge in [0.15, 0.2) is 0 Å². The highest BCUT2D eigenvalue weighted by atomic mass is 15.0. The third-order valence-corrected chi connectivity index (χ3v) is 5.52. The molecule has 4 aromatic heterocycles. The molecule has 0 unspecified atom stereocenters. The highest BCUT2D eigenvalue weighted by molar-refractivity contribution is 5.64. The molecule has 196 valence electrons. The van der Waals surface area contributed by atoms with Crippen LogP contribution in [0.15, 0.2) is 146 Å². The fourth-order valence-corrected chi connectivity index (χ4v) is 3.61. The summed E-state index contributed by atoms with van der Waals surface area (Å²) in [6.07, 6.45) is 7.05. The van der Waals surface area contributed by atoms with Crippen LogP contribution in [0.25, 0.3) is 0 Å². The van der Waals surface area contributed by atoms with Gasteiger partial charge in [-0.3, -0.25) is 0 Å². The van der Waals surface area contributed by atoms with Gasteiger partial charge in [-0.25, -0.2) is 19.9 Å². The zero-order valence-electron chi connectivity index (χ0n) is 21.6. The number of hydrogen-bond donors (Lipinski definition) is 4. The molecule has 4 N–H and O–H groups in total. The maximum absolute atomic E-state index is 4.23. The van der Waals surface area contributed by atoms with Gasteiger partial charge in [-0.15, -0.1) is 0 Å². The van der Waals surface area contributed by atoms with Crippen molar-refractivity contribution in [3.8, 4) is 0 Å². The SMILES string of the molecule is c1ccc(Nc2ccc(Nc3ccccn3)cc2)nc1.c1ccc(Nc2ccc(Nc3ccccn3)cc2)nc1. The first-order valence-electron chi connectivity index (χ1n) is 12.7. The van der Waals surface area contributed by atoms with E-state index in [2.05, 4.69) is 41.2 Å². The second-order valence-electron chi connectivity index (χ2n) is 8.51. The van der Waals surface area contributed by atoms with Gasteiger partial charge in [0.05, 0.1) is 0 Å². The first-order chi connectivity index (χ1) is 19.8. The molecule has 0 bridgehead atoms. The third kappa shape index (κ3) is 8.12. The van der Waals surface area contributed by atoms with E-state index in [1.165, 1.54) is 0 Å². The Balaban J connectivity index is 0.000000161. The summed E-state index contributed by atoms with van der Waals surface area (Å²) in [7, 11) is 0. The second kappa shape index (κ2) is 13.7. The van der Waals surface area contributed by atoms with Crippen molar-refractivity contribution >= 4 is 46.0 Å². The lowest BCUT2D eigenvalue weighted by atomic mass is 10.2. The van der Waals surface area contributed by atoms with Gasteiger partial charge in [-0.05, 0) is 97.1 Å². The standard InChI is InChI=1S/2C16H14N4/c2*1-3-11-17-15(5-1)19-13-7-9-14(10-8-13)20-16-6-2-4-12-18-16/h2*1-12H,(H,17,19)(H,18,20). The van der Waals surface area contributed by atoms with Gasteiger partial charge >= 0.3 is 0 Å². The number of nitrogens with one attached hydrogen (secondary N) is 4. The minimum Gasteiger partial charge on any atom is -0.340 e. The summed E-state index contributed by atoms with van der Waals surface area (Å²) in [5.74, 6) is 3.33. The quantitative estimate of drug-likeness (QED) is 0.159. The van der Waals surface area contributed by atoms with Crippen molar-refractivity contribution in [1.82, 2.24) is 19.9 Å². The van der Waals surface area contributed by atoms with Crippen molar-refractivity contribution < 1.29 is 0 Å². The Morgan fingerprint density at radius 3 is 0.675 bits per heavy atom. The molecule has 0 aliphatic carbocycles. The summed E-state index contributed by atoms with van der Waals surface area (Å²) in [6, 6.07) is 39.1. The van der Waals surface area contributed by atoms with E-state index in [9.17, 15) is 0 Å². The molecule has 0 saturated carbocycles. The average molecular weight is 525 g/mol. The van der Waals surface area contributed by atoms with Crippen molar-refractivity contribution in [3.05, 3.63) is 146 Å². The van der Waals surface area contributed by atoms with Crippen LogP contribution >= 0.6 is 0 Å². The lowest BCUT2D eigenvalue weighted by Crippen LogP contribution is -1.94. The van der Waals surface area contributed by atoms with Gasteiger partial charge in [-0.2, -0.15) is 0 Å². The van der Waals surface area contributed by atoms with Crippen LogP contribution in [-0.2, 0) is 0 Å². The summed E-state index contributed by atoms with van der Waals surface area (Å²) in [6.45, 7) is 0. The molecule has 0 radical (unpaired) electrons. The zero-order chi connectivity index (χ0) is 27.2. The van der Waals surface area contributed by atoms with Gasteiger partial charge in [0.2, 0.25) is 0 Å². The molecule has 0 aliphatic rings. The van der Waals surface area contributed by atoms with Crippen LogP contribution in [0.1, 0.15) is 0 Å². The van der Waals surface area contributed by atoms with Crippen LogP contribution in [0.2, 0.25) is 0 Å². The van der Waals surface area contributed by atoms with Crippen LogP contribution in [0.4, 0.5) is 46.0 Å². The molecule has 40 heavy (non-hydrogen) atoms. The van der Waals surface area contributed by atoms with Gasteiger partial charge in [0.1, 0.15) is 23.3 Å². The van der Waals surface area contributed by atoms with Crippen LogP contribution in [-0.4, -0.2) is 19.9 Å². The van der Waals surface area contributed by atoms with Crippen molar-refractivity contribution in [2.45, 2.75) is 0 Å². The average Bonchev–Trinajstić information content (AvgIpc) is 3.02. The number of rotatable bonds is 8. The predicted molar refractivity (Wildman–Crippen MR) is 163 cm³/mol. The second-order valence-corrected chi connectivity index (χ2v) is 8.51. The summed E-state index contributed by atoms with van der Waals surface area (Å²) >= 11 is 0. The van der Waals surface area contributed by atoms with E-state index in [1.54, 1.807) is 24.8 Å². The minimum atomic E-state index is 0.831. The van der Waals surface area contributed by atoms with E-state index in [0.29, 0.717) is 0 Å². The predicted octanol–water partition coefficient (Wildman–Crippen LogP) is 7.93. The Labute approximate surface area is 233 Å². The fraction of sp³-hybridized carbons (Fsp3) is 0. The zero-order valence-corrected chi connectivity index (χ0v) is 21.6. The number of aromatic nitrogens is 4. The van der Waals surface area contributed by atoms with Gasteiger partial charge in [0, 0.05) is 47.5 Å². The third-order valence-electron chi connectivity index (χ3n) is 5.52. The monoisotopic (exact) mass is 524 g/mol. The number of nitrogens with zero attached hydrogens (tertiary/aromatic N) is 4. The minimum absolute atomic E-state index is 0.831. The molecule has 0 fully saturated rings. The molecule has 6 rings (SSSR count). The number of hydrogen-bond acceptors (Lipinski definition) is 8. The highest BCUT2D eigenvalue weighted by Crippen LogP contribution is 2.21. The summed E-state index contributed by atoms with van der Waals surface area (Å²) in [5.41, 5.74) is 3.98. The summed E-state index contributed by atoms with van der Waals surface area (Å²) in [4.78, 5) is 16.9. The molecule has 4 heterocycles. The highest BCUT2D eigenvalue weighted by Gasteiger charge is 1.99. The van der Waals surface area contributed by atoms with Crippen molar-refractivity contribution in [1.29, 1.82) is 0 Å². The molecule has 0 saturated heterocycles. The van der Waals surface area contributed by atoms with Crippen LogP contribution in [0.5, 0.6) is 0 Å². The van der Waals surface area contributed by atoms with Gasteiger partial charge in [-0.1, -0.05) is 24.3 Å². The van der Waals surface area contributed by atoms with Crippen molar-refractivity contribution in [2.24, 2.45) is 0 Å². The first-order valence-corrected chi connectivity index (χ1v) is 12.7. The summed E-state index contributed by atoms with van der Waals surface area (Å²) < 4.78 is 0. The molecular weight excluding hydrogens is 496 g/mol. The van der Waals surface area contributed by atoms with E-state index < -0.39 is 0 Å². The lowest BCUT2D eigenvalue weighted by Gasteiger charge is -2.08. The maximum atomic E-state index is 4.23. The number of pyridine rings is 4. The molecular formula is C32H28N8. The van der Waals surface area contributed by atoms with Crippen LogP contribution < -0.4 is 21.3 Å². The Morgan fingerprint density at radius 2 is 0.500 bits per heavy atom. The Hall–Kier alpha value is -5.76. The number of anilines is 8. The van der Waals surface area contributed by atoms with E-state index >= 15 is 0 Å². The van der Waals surface area contributed by atoms with Crippen molar-refractivity contribution in [2.75, 3.05) is 21.3 Å². The Bertz CT molecular complexity index is 1300. The van der Waals surface area contributed by atoms with Crippen LogP contribution in [0.3, 0.4) is 0 Å². The fourth-order valence-electron chi connectivity index (χ4n) is 3.61. The molecule has 2 aromatic carbocycles. The van der Waals surface area contributed by atoms with Crippen molar-refractivity contribution in [3.63, 3.8) is 0 Å². The van der Waals surface area contributed by atoms with E-state index in [1.807, 2.05) is 121 Å². The van der Waals surface area contributed by atoms with E-state index in [4.69, 9.17) is 0 Å². The molecule has 0 aliphatic heterocycles. The normalized spacial score (nSPS) is 10.0. The van der Waals surface area contributed by atoms with Gasteiger partial charge in [0.25, 0.3) is 0 Å². The Kier molecular flexibility index (Phi) is 8.85. The molecule has 0 amide bonds. The lowest BCUT2D eigenvalue weighted by molar-refractivity contribution is 1.30. The van der Waals surface area contributed by atoms with E-state index in [0.717, 1.165) is 46.0 Å². The molecule has 0 atom stereocenters. The molecule has 8 nitrogen and oxygen atoms in total. The number of benzene rings is 2. The Morgan fingerprint density at radius 1 is 0.275 bits per heavy atom. The molecule has 0 spiro atoms. The van der Waals surface area contributed by atoms with E-state index in [-0.39, 0.29) is 0 Å². The molecule has 8 heteroatoms. The largest absolute Gasteiger partial charge is 0.340 e. The first kappa shape index (κ1) is 25.9. The maximum Gasteiger partial charge on any atom is 0.130 e. The smallest absolute Gasteiger partial charge is 0.130 e. The summed E-state index contributed by atoms with van der Waals surface area (Å²) in [5, 5.41) is 13.0. The van der Waals surface area contributed by atoms with Crippen LogP contribution in [0, 0.1) is 0 Å².